The quantitative estimate of drug-likeness (QED) is 0.572. The van der Waals surface area contributed by atoms with Gasteiger partial charge in [-0.25, -0.2) is 4.98 Å². The minimum Gasteiger partial charge on any atom is -0.370 e. The zero-order valence-electron chi connectivity index (χ0n) is 7.91. The summed E-state index contributed by atoms with van der Waals surface area (Å²) in [6.45, 7) is 0.663. The second-order valence-corrected chi connectivity index (χ2v) is 3.05. The van der Waals surface area contributed by atoms with Gasteiger partial charge in [-0.2, -0.15) is 13.2 Å². The van der Waals surface area contributed by atoms with Gasteiger partial charge in [0, 0.05) is 18.9 Å². The predicted molar refractivity (Wildman–Crippen MR) is 46.9 cm³/mol. The Hall–Kier alpha value is -1.08. The summed E-state index contributed by atoms with van der Waals surface area (Å²) >= 11 is 0. The molecule has 1 aromatic heterocycles. The molecule has 0 bridgehead atoms. The SMILES string of the molecule is OC(NCCCn1ccnc1)C(F)(F)F. The van der Waals surface area contributed by atoms with Crippen LogP contribution in [0.5, 0.6) is 0 Å². The van der Waals surface area contributed by atoms with Gasteiger partial charge in [0.25, 0.3) is 0 Å². The van der Waals surface area contributed by atoms with E-state index >= 15 is 0 Å². The van der Waals surface area contributed by atoms with Gasteiger partial charge in [0.2, 0.25) is 6.23 Å². The molecule has 0 aliphatic rings. The van der Waals surface area contributed by atoms with Crippen LogP contribution in [0, 0.1) is 0 Å². The lowest BCUT2D eigenvalue weighted by Crippen LogP contribution is -2.42. The first-order chi connectivity index (χ1) is 7.00. The summed E-state index contributed by atoms with van der Waals surface area (Å²) in [6.07, 6.45) is -1.66. The predicted octanol–water partition coefficient (Wildman–Crippen LogP) is 0.743. The Balaban J connectivity index is 2.12. The first-order valence-corrected chi connectivity index (χ1v) is 4.44. The number of alkyl halides is 3. The molecule has 0 spiro atoms. The highest BCUT2D eigenvalue weighted by molar-refractivity contribution is 4.74. The minimum absolute atomic E-state index is 0.0961. The van der Waals surface area contributed by atoms with Gasteiger partial charge in [0.15, 0.2) is 0 Å². The van der Waals surface area contributed by atoms with E-state index in [0.717, 1.165) is 0 Å². The number of imidazole rings is 1. The number of rotatable bonds is 5. The van der Waals surface area contributed by atoms with Crippen molar-refractivity contribution in [2.75, 3.05) is 6.54 Å². The van der Waals surface area contributed by atoms with E-state index in [2.05, 4.69) is 4.98 Å². The number of hydrogen-bond donors (Lipinski definition) is 2. The van der Waals surface area contributed by atoms with E-state index in [-0.39, 0.29) is 6.54 Å². The molecule has 0 amide bonds. The number of hydrogen-bond acceptors (Lipinski definition) is 3. The van der Waals surface area contributed by atoms with Crippen molar-refractivity contribution in [3.8, 4) is 0 Å². The third kappa shape index (κ3) is 4.30. The molecular weight excluding hydrogens is 211 g/mol. The Morgan fingerprint density at radius 3 is 2.73 bits per heavy atom. The van der Waals surface area contributed by atoms with Gasteiger partial charge < -0.3 is 9.67 Å². The third-order valence-corrected chi connectivity index (χ3v) is 1.80. The van der Waals surface area contributed by atoms with Gasteiger partial charge >= 0.3 is 6.18 Å². The van der Waals surface area contributed by atoms with Crippen LogP contribution >= 0.6 is 0 Å². The molecule has 4 nitrogen and oxygen atoms in total. The van der Waals surface area contributed by atoms with E-state index in [1.165, 1.54) is 0 Å². The van der Waals surface area contributed by atoms with E-state index in [0.29, 0.717) is 13.0 Å². The fourth-order valence-electron chi connectivity index (χ4n) is 1.04. The van der Waals surface area contributed by atoms with Crippen LogP contribution in [-0.4, -0.2) is 33.6 Å². The van der Waals surface area contributed by atoms with Crippen LogP contribution in [-0.2, 0) is 6.54 Å². The molecule has 2 N–H and O–H groups in total. The van der Waals surface area contributed by atoms with Crippen molar-refractivity contribution in [1.29, 1.82) is 0 Å². The van der Waals surface area contributed by atoms with Crippen molar-refractivity contribution in [2.45, 2.75) is 25.4 Å². The molecule has 0 radical (unpaired) electrons. The molecule has 7 heteroatoms. The molecule has 86 valence electrons. The topological polar surface area (TPSA) is 50.1 Å². The number of aromatic nitrogens is 2. The van der Waals surface area contributed by atoms with E-state index < -0.39 is 12.4 Å². The van der Waals surface area contributed by atoms with Gasteiger partial charge in [-0.05, 0) is 13.0 Å². The molecule has 0 aliphatic heterocycles. The molecule has 1 aromatic rings. The molecule has 0 aliphatic carbocycles. The molecule has 0 saturated heterocycles. The Morgan fingerprint density at radius 1 is 1.47 bits per heavy atom. The summed E-state index contributed by atoms with van der Waals surface area (Å²) in [5, 5.41) is 10.6. The van der Waals surface area contributed by atoms with Crippen LogP contribution < -0.4 is 5.32 Å². The third-order valence-electron chi connectivity index (χ3n) is 1.80. The molecule has 1 atom stereocenters. The highest BCUT2D eigenvalue weighted by atomic mass is 19.4. The number of aryl methyl sites for hydroxylation is 1. The second kappa shape index (κ2) is 5.13. The summed E-state index contributed by atoms with van der Waals surface area (Å²) in [4.78, 5) is 3.79. The monoisotopic (exact) mass is 223 g/mol. The van der Waals surface area contributed by atoms with Crippen molar-refractivity contribution < 1.29 is 18.3 Å². The number of nitrogens with one attached hydrogen (secondary N) is 1. The smallest absolute Gasteiger partial charge is 0.370 e. The normalized spacial score (nSPS) is 14.1. The second-order valence-electron chi connectivity index (χ2n) is 3.05. The summed E-state index contributed by atoms with van der Waals surface area (Å²) in [6, 6.07) is 0. The minimum atomic E-state index is -4.60. The maximum atomic E-state index is 11.8. The van der Waals surface area contributed by atoms with E-state index in [4.69, 9.17) is 5.11 Å². The van der Waals surface area contributed by atoms with Crippen LogP contribution in [0.15, 0.2) is 18.7 Å². The highest BCUT2D eigenvalue weighted by Gasteiger charge is 2.37. The number of nitrogens with zero attached hydrogens (tertiary/aromatic N) is 2. The molecule has 0 aromatic carbocycles. The lowest BCUT2D eigenvalue weighted by Gasteiger charge is -2.15. The zero-order valence-corrected chi connectivity index (χ0v) is 7.91. The first-order valence-electron chi connectivity index (χ1n) is 4.44. The number of aliphatic hydroxyl groups excluding tert-OH is 1. The standard InChI is InChI=1S/C8H12F3N3O/c9-8(10,11)7(15)13-2-1-4-14-5-3-12-6-14/h3,5-7,13,15H,1-2,4H2. The lowest BCUT2D eigenvalue weighted by molar-refractivity contribution is -0.213. The Bertz CT molecular complexity index is 273. The fourth-order valence-corrected chi connectivity index (χ4v) is 1.04. The fraction of sp³-hybridized carbons (Fsp3) is 0.625. The van der Waals surface area contributed by atoms with Crippen molar-refractivity contribution in [2.24, 2.45) is 0 Å². The Labute approximate surface area is 84.7 Å². The van der Waals surface area contributed by atoms with E-state index in [1.54, 1.807) is 23.3 Å². The van der Waals surface area contributed by atoms with Gasteiger partial charge in [0.1, 0.15) is 0 Å². The average Bonchev–Trinajstić information content (AvgIpc) is 2.63. The molecule has 1 heterocycles. The van der Waals surface area contributed by atoms with Crippen molar-refractivity contribution >= 4 is 0 Å². The van der Waals surface area contributed by atoms with Crippen molar-refractivity contribution in [1.82, 2.24) is 14.9 Å². The Kier molecular flexibility index (Phi) is 4.10. The largest absolute Gasteiger partial charge is 0.427 e. The van der Waals surface area contributed by atoms with Crippen LogP contribution in [0.3, 0.4) is 0 Å². The number of halogens is 3. The summed E-state index contributed by atoms with van der Waals surface area (Å²) in [5.41, 5.74) is 0. The molecule has 1 rings (SSSR count). The summed E-state index contributed by atoms with van der Waals surface area (Å²) in [5.74, 6) is 0. The molecular formula is C8H12F3N3O. The van der Waals surface area contributed by atoms with Crippen LogP contribution in [0.1, 0.15) is 6.42 Å². The van der Waals surface area contributed by atoms with E-state index in [9.17, 15) is 13.2 Å². The van der Waals surface area contributed by atoms with Crippen LogP contribution in [0.4, 0.5) is 13.2 Å². The molecule has 15 heavy (non-hydrogen) atoms. The molecule has 1 unspecified atom stereocenters. The number of aliphatic hydroxyl groups is 1. The van der Waals surface area contributed by atoms with Gasteiger partial charge in [0.05, 0.1) is 6.33 Å². The Morgan fingerprint density at radius 2 is 2.20 bits per heavy atom. The van der Waals surface area contributed by atoms with Crippen LogP contribution in [0.25, 0.3) is 0 Å². The lowest BCUT2D eigenvalue weighted by atomic mass is 10.4. The van der Waals surface area contributed by atoms with E-state index in [1.807, 2.05) is 5.32 Å². The average molecular weight is 223 g/mol. The maximum absolute atomic E-state index is 11.8. The molecule has 0 saturated carbocycles. The maximum Gasteiger partial charge on any atom is 0.427 e. The van der Waals surface area contributed by atoms with Crippen molar-refractivity contribution in [3.63, 3.8) is 0 Å². The summed E-state index contributed by atoms with van der Waals surface area (Å²) < 4.78 is 37.2. The van der Waals surface area contributed by atoms with Crippen LogP contribution in [0.2, 0.25) is 0 Å². The van der Waals surface area contributed by atoms with Crippen molar-refractivity contribution in [3.05, 3.63) is 18.7 Å². The highest BCUT2D eigenvalue weighted by Crippen LogP contribution is 2.17. The van der Waals surface area contributed by atoms with Gasteiger partial charge in [-0.15, -0.1) is 0 Å². The molecule has 0 fully saturated rings. The summed E-state index contributed by atoms with van der Waals surface area (Å²) in [7, 11) is 0. The van der Waals surface area contributed by atoms with Gasteiger partial charge in [-0.3, -0.25) is 5.32 Å². The first kappa shape index (κ1) is 12.0. The zero-order chi connectivity index (χ0) is 11.3. The van der Waals surface area contributed by atoms with Gasteiger partial charge in [-0.1, -0.05) is 0 Å².